The van der Waals surface area contributed by atoms with E-state index in [1.54, 1.807) is 0 Å². The van der Waals surface area contributed by atoms with E-state index in [1.165, 1.54) is 44.9 Å². The Bertz CT molecular complexity index is 121. The fourth-order valence-corrected chi connectivity index (χ4v) is 1.42. The van der Waals surface area contributed by atoms with Crippen LogP contribution < -0.4 is 11.1 Å². The molecule has 0 aromatic rings. The van der Waals surface area contributed by atoms with E-state index >= 15 is 0 Å². The van der Waals surface area contributed by atoms with Gasteiger partial charge in [0, 0.05) is 13.1 Å². The van der Waals surface area contributed by atoms with Crippen LogP contribution in [0.4, 0.5) is 0 Å². The summed E-state index contributed by atoms with van der Waals surface area (Å²) in [7, 11) is 0. The lowest BCUT2D eigenvalue weighted by molar-refractivity contribution is 0.582. The second-order valence-electron chi connectivity index (χ2n) is 3.71. The van der Waals surface area contributed by atoms with Crippen LogP contribution in [0.25, 0.3) is 0 Å². The number of hydrogen-bond acceptors (Lipinski definition) is 2. The molecular formula is C12H26N2. The summed E-state index contributed by atoms with van der Waals surface area (Å²) in [5, 5.41) is 3.23. The molecule has 0 saturated carbocycles. The topological polar surface area (TPSA) is 38.0 Å². The molecule has 0 aliphatic rings. The van der Waals surface area contributed by atoms with Gasteiger partial charge in [-0.05, 0) is 12.6 Å². The molecule has 0 rings (SSSR count). The normalized spacial score (nSPS) is 11.0. The fraction of sp³-hybridized carbons (Fsp3) is 0.833. The summed E-state index contributed by atoms with van der Waals surface area (Å²) in [4.78, 5) is 0. The standard InChI is InChI=1S/C12H26N2/c1-2-3-4-5-6-7-8-11-14-12-9-10-13/h9,12,14H,2-8,10-11,13H2,1H3. The van der Waals surface area contributed by atoms with Crippen molar-refractivity contribution in [1.29, 1.82) is 0 Å². The van der Waals surface area contributed by atoms with Crippen LogP contribution in [0.5, 0.6) is 0 Å². The summed E-state index contributed by atoms with van der Waals surface area (Å²) in [5.41, 5.74) is 5.31. The summed E-state index contributed by atoms with van der Waals surface area (Å²) in [6, 6.07) is 0. The monoisotopic (exact) mass is 198 g/mol. The van der Waals surface area contributed by atoms with Crippen molar-refractivity contribution >= 4 is 0 Å². The quantitative estimate of drug-likeness (QED) is 0.530. The highest BCUT2D eigenvalue weighted by molar-refractivity contribution is 4.79. The van der Waals surface area contributed by atoms with E-state index in [2.05, 4.69) is 12.2 Å². The van der Waals surface area contributed by atoms with Crippen LogP contribution in [0, 0.1) is 0 Å². The highest BCUT2D eigenvalue weighted by Gasteiger charge is 1.89. The van der Waals surface area contributed by atoms with Gasteiger partial charge in [0.2, 0.25) is 0 Å². The van der Waals surface area contributed by atoms with Gasteiger partial charge in [-0.1, -0.05) is 51.5 Å². The van der Waals surface area contributed by atoms with E-state index in [-0.39, 0.29) is 0 Å². The Hall–Kier alpha value is -0.500. The van der Waals surface area contributed by atoms with Crippen molar-refractivity contribution < 1.29 is 0 Å². The van der Waals surface area contributed by atoms with Crippen molar-refractivity contribution in [3.05, 3.63) is 12.3 Å². The molecule has 0 atom stereocenters. The molecule has 0 unspecified atom stereocenters. The molecule has 0 aliphatic heterocycles. The van der Waals surface area contributed by atoms with Crippen molar-refractivity contribution in [3.8, 4) is 0 Å². The first-order valence-corrected chi connectivity index (χ1v) is 6.00. The summed E-state index contributed by atoms with van der Waals surface area (Å²) >= 11 is 0. The van der Waals surface area contributed by atoms with Crippen LogP contribution in [0.3, 0.4) is 0 Å². The molecule has 2 heteroatoms. The van der Waals surface area contributed by atoms with Crippen LogP contribution in [-0.4, -0.2) is 13.1 Å². The average Bonchev–Trinajstić information content (AvgIpc) is 2.21. The van der Waals surface area contributed by atoms with Crippen molar-refractivity contribution in [2.45, 2.75) is 51.9 Å². The number of rotatable bonds is 10. The van der Waals surface area contributed by atoms with Crippen LogP contribution in [0.15, 0.2) is 12.3 Å². The predicted molar refractivity (Wildman–Crippen MR) is 64.2 cm³/mol. The lowest BCUT2D eigenvalue weighted by Gasteiger charge is -2.01. The third-order valence-electron chi connectivity index (χ3n) is 2.30. The maximum Gasteiger partial charge on any atom is 0.0141 e. The van der Waals surface area contributed by atoms with Gasteiger partial charge in [0.1, 0.15) is 0 Å². The van der Waals surface area contributed by atoms with E-state index < -0.39 is 0 Å². The van der Waals surface area contributed by atoms with Gasteiger partial charge in [-0.2, -0.15) is 0 Å². The minimum atomic E-state index is 0.629. The van der Waals surface area contributed by atoms with Gasteiger partial charge < -0.3 is 11.1 Å². The first kappa shape index (κ1) is 13.5. The molecule has 2 nitrogen and oxygen atoms in total. The summed E-state index contributed by atoms with van der Waals surface area (Å²) in [5.74, 6) is 0. The van der Waals surface area contributed by atoms with E-state index in [4.69, 9.17) is 5.73 Å². The highest BCUT2D eigenvalue weighted by Crippen LogP contribution is 2.05. The van der Waals surface area contributed by atoms with E-state index in [9.17, 15) is 0 Å². The Morgan fingerprint density at radius 3 is 2.29 bits per heavy atom. The average molecular weight is 198 g/mol. The molecule has 0 heterocycles. The zero-order chi connectivity index (χ0) is 10.5. The number of nitrogens with two attached hydrogens (primary N) is 1. The molecule has 0 saturated heterocycles. The van der Waals surface area contributed by atoms with E-state index in [1.807, 2.05) is 12.3 Å². The molecule has 14 heavy (non-hydrogen) atoms. The zero-order valence-electron chi connectivity index (χ0n) is 9.60. The third-order valence-corrected chi connectivity index (χ3v) is 2.30. The van der Waals surface area contributed by atoms with Gasteiger partial charge in [0.25, 0.3) is 0 Å². The first-order chi connectivity index (χ1) is 6.91. The zero-order valence-corrected chi connectivity index (χ0v) is 9.60. The van der Waals surface area contributed by atoms with Crippen LogP contribution >= 0.6 is 0 Å². The lowest BCUT2D eigenvalue weighted by Crippen LogP contribution is -2.07. The minimum Gasteiger partial charge on any atom is -0.391 e. The van der Waals surface area contributed by atoms with Crippen LogP contribution in [-0.2, 0) is 0 Å². The molecular weight excluding hydrogens is 172 g/mol. The van der Waals surface area contributed by atoms with E-state index in [0.717, 1.165) is 6.54 Å². The van der Waals surface area contributed by atoms with Gasteiger partial charge in [-0.25, -0.2) is 0 Å². The van der Waals surface area contributed by atoms with E-state index in [0.29, 0.717) is 6.54 Å². The van der Waals surface area contributed by atoms with Crippen LogP contribution in [0.1, 0.15) is 51.9 Å². The van der Waals surface area contributed by atoms with Crippen LogP contribution in [0.2, 0.25) is 0 Å². The Morgan fingerprint density at radius 2 is 1.64 bits per heavy atom. The summed E-state index contributed by atoms with van der Waals surface area (Å²) in [6.45, 7) is 3.97. The number of nitrogens with one attached hydrogen (secondary N) is 1. The maximum atomic E-state index is 5.31. The largest absolute Gasteiger partial charge is 0.391 e. The van der Waals surface area contributed by atoms with Crippen molar-refractivity contribution in [1.82, 2.24) is 5.32 Å². The smallest absolute Gasteiger partial charge is 0.0141 e. The fourth-order valence-electron chi connectivity index (χ4n) is 1.42. The number of unbranched alkanes of at least 4 members (excludes halogenated alkanes) is 6. The molecule has 0 aromatic carbocycles. The maximum absolute atomic E-state index is 5.31. The molecule has 0 aliphatic carbocycles. The first-order valence-electron chi connectivity index (χ1n) is 6.00. The summed E-state index contributed by atoms with van der Waals surface area (Å²) in [6.07, 6.45) is 13.5. The second kappa shape index (κ2) is 12.5. The molecule has 3 N–H and O–H groups in total. The van der Waals surface area contributed by atoms with Crippen molar-refractivity contribution in [3.63, 3.8) is 0 Å². The van der Waals surface area contributed by atoms with Gasteiger partial charge in [-0.3, -0.25) is 0 Å². The third kappa shape index (κ3) is 11.5. The number of hydrogen-bond donors (Lipinski definition) is 2. The Kier molecular flexibility index (Phi) is 12.1. The lowest BCUT2D eigenvalue weighted by atomic mass is 10.1. The molecule has 0 bridgehead atoms. The molecule has 0 spiro atoms. The van der Waals surface area contributed by atoms with Gasteiger partial charge in [0.15, 0.2) is 0 Å². The molecule has 0 aromatic heterocycles. The highest BCUT2D eigenvalue weighted by atomic mass is 14.8. The van der Waals surface area contributed by atoms with Gasteiger partial charge in [0.05, 0.1) is 0 Å². The molecule has 0 radical (unpaired) electrons. The Morgan fingerprint density at radius 1 is 1.00 bits per heavy atom. The Balaban J connectivity index is 2.88. The van der Waals surface area contributed by atoms with Crippen molar-refractivity contribution in [2.24, 2.45) is 5.73 Å². The van der Waals surface area contributed by atoms with Gasteiger partial charge >= 0.3 is 0 Å². The molecule has 84 valence electrons. The second-order valence-corrected chi connectivity index (χ2v) is 3.71. The minimum absolute atomic E-state index is 0.629. The predicted octanol–water partition coefficient (Wildman–Crippen LogP) is 2.80. The molecule has 0 fully saturated rings. The van der Waals surface area contributed by atoms with Crippen molar-refractivity contribution in [2.75, 3.05) is 13.1 Å². The Labute approximate surface area is 89.0 Å². The summed E-state index contributed by atoms with van der Waals surface area (Å²) < 4.78 is 0. The van der Waals surface area contributed by atoms with Gasteiger partial charge in [-0.15, -0.1) is 0 Å². The SMILES string of the molecule is CCCCCCCCCNC=CCN. The molecule has 0 amide bonds.